The Bertz CT molecular complexity index is 344. The smallest absolute Gasteiger partial charge is 0.0535 e. The van der Waals surface area contributed by atoms with Crippen LogP contribution in [0.1, 0.15) is 36.9 Å². The standard InChI is InChI=1S/C12H19N3/c1-8-11(7-14-15-8)6-13-12-5-9-2-3-10(12)4-9/h7,9-10,12-13H,2-6H2,1H3,(H,14,15)/t9-,10-,12-/m0/s1. The number of H-pyrrole nitrogens is 1. The third-order valence-electron chi connectivity index (χ3n) is 4.23. The summed E-state index contributed by atoms with van der Waals surface area (Å²) >= 11 is 0. The van der Waals surface area contributed by atoms with Gasteiger partial charge in [0.25, 0.3) is 0 Å². The van der Waals surface area contributed by atoms with Crippen LogP contribution in [0.3, 0.4) is 0 Å². The van der Waals surface area contributed by atoms with Crippen molar-refractivity contribution >= 4 is 0 Å². The van der Waals surface area contributed by atoms with E-state index in [-0.39, 0.29) is 0 Å². The monoisotopic (exact) mass is 205 g/mol. The molecule has 2 aliphatic rings. The maximum absolute atomic E-state index is 4.05. The van der Waals surface area contributed by atoms with Crippen molar-refractivity contribution in [2.75, 3.05) is 0 Å². The minimum Gasteiger partial charge on any atom is -0.310 e. The summed E-state index contributed by atoms with van der Waals surface area (Å²) in [7, 11) is 0. The fourth-order valence-corrected chi connectivity index (χ4v) is 3.29. The zero-order valence-corrected chi connectivity index (χ0v) is 9.29. The van der Waals surface area contributed by atoms with Gasteiger partial charge in [0.15, 0.2) is 0 Å². The largest absolute Gasteiger partial charge is 0.310 e. The van der Waals surface area contributed by atoms with Crippen LogP contribution in [0.4, 0.5) is 0 Å². The molecule has 2 saturated carbocycles. The van der Waals surface area contributed by atoms with E-state index in [1.54, 1.807) is 0 Å². The van der Waals surface area contributed by atoms with E-state index in [9.17, 15) is 0 Å². The lowest BCUT2D eigenvalue weighted by Crippen LogP contribution is -2.33. The lowest BCUT2D eigenvalue weighted by Gasteiger charge is -2.22. The molecule has 82 valence electrons. The molecule has 1 aromatic rings. The third-order valence-corrected chi connectivity index (χ3v) is 4.23. The molecule has 3 atom stereocenters. The van der Waals surface area contributed by atoms with Crippen molar-refractivity contribution in [3.63, 3.8) is 0 Å². The van der Waals surface area contributed by atoms with Crippen molar-refractivity contribution in [1.29, 1.82) is 0 Å². The van der Waals surface area contributed by atoms with Crippen LogP contribution in [0.2, 0.25) is 0 Å². The van der Waals surface area contributed by atoms with E-state index >= 15 is 0 Å². The van der Waals surface area contributed by atoms with E-state index in [0.29, 0.717) is 0 Å². The lowest BCUT2D eigenvalue weighted by molar-refractivity contribution is 0.350. The van der Waals surface area contributed by atoms with Crippen LogP contribution in [0, 0.1) is 18.8 Å². The predicted octanol–water partition coefficient (Wildman–Crippen LogP) is 2.00. The van der Waals surface area contributed by atoms with Crippen LogP contribution in [-0.2, 0) is 6.54 Å². The summed E-state index contributed by atoms with van der Waals surface area (Å²) < 4.78 is 0. The Morgan fingerprint density at radius 2 is 2.40 bits per heavy atom. The van der Waals surface area contributed by atoms with Crippen molar-refractivity contribution in [1.82, 2.24) is 15.5 Å². The van der Waals surface area contributed by atoms with Gasteiger partial charge in [0.2, 0.25) is 0 Å². The van der Waals surface area contributed by atoms with Crippen molar-refractivity contribution in [3.05, 3.63) is 17.5 Å². The second-order valence-electron chi connectivity index (χ2n) is 5.18. The Morgan fingerprint density at radius 3 is 3.00 bits per heavy atom. The first kappa shape index (κ1) is 9.40. The molecule has 0 spiro atoms. The minimum absolute atomic E-state index is 0.776. The lowest BCUT2D eigenvalue weighted by atomic mass is 9.95. The van der Waals surface area contributed by atoms with Crippen molar-refractivity contribution in [2.24, 2.45) is 11.8 Å². The third kappa shape index (κ3) is 1.69. The molecule has 3 nitrogen and oxygen atoms in total. The van der Waals surface area contributed by atoms with Gasteiger partial charge in [-0.3, -0.25) is 5.10 Å². The van der Waals surface area contributed by atoms with Crippen LogP contribution in [-0.4, -0.2) is 16.2 Å². The summed E-state index contributed by atoms with van der Waals surface area (Å²) in [6, 6.07) is 0.776. The number of hydrogen-bond acceptors (Lipinski definition) is 2. The number of fused-ring (bicyclic) bond motifs is 2. The molecule has 0 saturated heterocycles. The molecule has 2 bridgehead atoms. The SMILES string of the molecule is Cc1[nH]ncc1CN[C@H]1C[C@H]2CC[C@H]1C2. The van der Waals surface area contributed by atoms with E-state index in [2.05, 4.69) is 22.4 Å². The first-order valence-electron chi connectivity index (χ1n) is 6.05. The summed E-state index contributed by atoms with van der Waals surface area (Å²) in [5.74, 6) is 1.99. The molecule has 15 heavy (non-hydrogen) atoms. The molecule has 0 amide bonds. The summed E-state index contributed by atoms with van der Waals surface area (Å²) in [6.07, 6.45) is 7.75. The summed E-state index contributed by atoms with van der Waals surface area (Å²) in [5.41, 5.74) is 2.52. The highest BCUT2D eigenvalue weighted by molar-refractivity contribution is 5.14. The molecule has 2 aliphatic carbocycles. The Kier molecular flexibility index (Phi) is 2.28. The number of nitrogens with zero attached hydrogens (tertiary/aromatic N) is 1. The molecular weight excluding hydrogens is 186 g/mol. The second-order valence-corrected chi connectivity index (χ2v) is 5.18. The van der Waals surface area contributed by atoms with Gasteiger partial charge in [0.1, 0.15) is 0 Å². The van der Waals surface area contributed by atoms with Gasteiger partial charge in [-0.05, 0) is 38.0 Å². The van der Waals surface area contributed by atoms with Gasteiger partial charge in [0, 0.05) is 23.8 Å². The maximum Gasteiger partial charge on any atom is 0.0535 e. The van der Waals surface area contributed by atoms with Gasteiger partial charge in [-0.15, -0.1) is 0 Å². The molecule has 1 heterocycles. The van der Waals surface area contributed by atoms with Crippen LogP contribution in [0.5, 0.6) is 0 Å². The van der Waals surface area contributed by atoms with Gasteiger partial charge in [-0.25, -0.2) is 0 Å². The number of nitrogens with one attached hydrogen (secondary N) is 2. The molecule has 0 aromatic carbocycles. The molecular formula is C12H19N3. The highest BCUT2D eigenvalue weighted by Crippen LogP contribution is 2.44. The van der Waals surface area contributed by atoms with Gasteiger partial charge < -0.3 is 5.32 Å². The summed E-state index contributed by atoms with van der Waals surface area (Å²) in [5, 5.41) is 10.7. The van der Waals surface area contributed by atoms with Crippen LogP contribution < -0.4 is 5.32 Å². The van der Waals surface area contributed by atoms with E-state index in [0.717, 1.165) is 24.4 Å². The Labute approximate surface area is 90.7 Å². The van der Waals surface area contributed by atoms with Gasteiger partial charge >= 0.3 is 0 Å². The minimum atomic E-state index is 0.776. The van der Waals surface area contributed by atoms with E-state index in [1.807, 2.05) is 6.20 Å². The Balaban J connectivity index is 1.57. The number of hydrogen-bond donors (Lipinski definition) is 2. The van der Waals surface area contributed by atoms with Crippen molar-refractivity contribution in [2.45, 2.75) is 45.2 Å². The number of aryl methyl sites for hydroxylation is 1. The van der Waals surface area contributed by atoms with E-state index in [1.165, 1.54) is 36.9 Å². The van der Waals surface area contributed by atoms with E-state index in [4.69, 9.17) is 0 Å². The molecule has 3 rings (SSSR count). The zero-order chi connectivity index (χ0) is 10.3. The Hall–Kier alpha value is -0.830. The normalized spacial score (nSPS) is 33.8. The summed E-state index contributed by atoms with van der Waals surface area (Å²) in [6.45, 7) is 3.07. The number of aromatic amines is 1. The highest BCUT2D eigenvalue weighted by Gasteiger charge is 2.38. The Morgan fingerprint density at radius 1 is 1.47 bits per heavy atom. The second kappa shape index (κ2) is 3.63. The molecule has 3 heteroatoms. The fourth-order valence-electron chi connectivity index (χ4n) is 3.29. The quantitative estimate of drug-likeness (QED) is 0.792. The van der Waals surface area contributed by atoms with Crippen molar-refractivity contribution in [3.8, 4) is 0 Å². The van der Waals surface area contributed by atoms with Crippen LogP contribution >= 0.6 is 0 Å². The molecule has 2 fully saturated rings. The number of aromatic nitrogens is 2. The van der Waals surface area contributed by atoms with E-state index < -0.39 is 0 Å². The highest BCUT2D eigenvalue weighted by atomic mass is 15.1. The van der Waals surface area contributed by atoms with Gasteiger partial charge in [0.05, 0.1) is 6.20 Å². The predicted molar refractivity (Wildman–Crippen MR) is 59.4 cm³/mol. The fraction of sp³-hybridized carbons (Fsp3) is 0.750. The first-order chi connectivity index (χ1) is 7.33. The average Bonchev–Trinajstić information content (AvgIpc) is 2.90. The molecule has 1 aromatic heterocycles. The molecule has 0 unspecified atom stereocenters. The number of rotatable bonds is 3. The molecule has 2 N–H and O–H groups in total. The zero-order valence-electron chi connectivity index (χ0n) is 9.29. The van der Waals surface area contributed by atoms with Gasteiger partial charge in [-0.1, -0.05) is 6.42 Å². The van der Waals surface area contributed by atoms with Crippen molar-refractivity contribution < 1.29 is 0 Å². The molecule has 0 aliphatic heterocycles. The van der Waals surface area contributed by atoms with Crippen LogP contribution in [0.25, 0.3) is 0 Å². The average molecular weight is 205 g/mol. The van der Waals surface area contributed by atoms with Crippen LogP contribution in [0.15, 0.2) is 6.20 Å². The maximum atomic E-state index is 4.05. The molecule has 0 radical (unpaired) electrons. The topological polar surface area (TPSA) is 40.7 Å². The van der Waals surface area contributed by atoms with Gasteiger partial charge in [-0.2, -0.15) is 5.10 Å². The first-order valence-corrected chi connectivity index (χ1v) is 6.05. The summed E-state index contributed by atoms with van der Waals surface area (Å²) in [4.78, 5) is 0.